The summed E-state index contributed by atoms with van der Waals surface area (Å²) in [6.45, 7) is 1.60. The molecule has 1 unspecified atom stereocenters. The largest absolute Gasteiger partial charge is 0.497 e. The van der Waals surface area contributed by atoms with Gasteiger partial charge in [-0.05, 0) is 42.8 Å². The summed E-state index contributed by atoms with van der Waals surface area (Å²) in [5.41, 5.74) is 10.6. The standard InChI is InChI=1S/C19H21N3O2/c1-21-7-6-13-11-22(10-12-4-3-5-14(8-12)24-2)18-17(13)16(21)9-15(20)19(18)23/h3-5,8-9,11,16H,6-7,10,20H2,1-2H3. The van der Waals surface area contributed by atoms with Crippen molar-refractivity contribution < 1.29 is 9.53 Å². The minimum Gasteiger partial charge on any atom is -0.497 e. The number of hydrogen-bond acceptors (Lipinski definition) is 4. The first-order valence-corrected chi connectivity index (χ1v) is 8.15. The third-order valence-electron chi connectivity index (χ3n) is 5.01. The van der Waals surface area contributed by atoms with Crippen LogP contribution in [0.25, 0.3) is 0 Å². The van der Waals surface area contributed by atoms with E-state index >= 15 is 0 Å². The van der Waals surface area contributed by atoms with Crippen molar-refractivity contribution in [1.29, 1.82) is 0 Å². The molecule has 1 aliphatic carbocycles. The molecule has 0 saturated carbocycles. The average molecular weight is 323 g/mol. The quantitative estimate of drug-likeness (QED) is 0.940. The average Bonchev–Trinajstić information content (AvgIpc) is 2.94. The second-order valence-electron chi connectivity index (χ2n) is 6.52. The molecule has 1 aromatic heterocycles. The van der Waals surface area contributed by atoms with E-state index in [1.54, 1.807) is 7.11 Å². The summed E-state index contributed by atoms with van der Waals surface area (Å²) in [5, 5.41) is 0. The van der Waals surface area contributed by atoms with Gasteiger partial charge < -0.3 is 15.0 Å². The molecule has 0 fully saturated rings. The fourth-order valence-corrected chi connectivity index (χ4v) is 3.75. The summed E-state index contributed by atoms with van der Waals surface area (Å²) in [7, 11) is 3.74. The minimum absolute atomic E-state index is 0.0642. The molecule has 0 spiro atoms. The maximum atomic E-state index is 12.7. The molecule has 2 aromatic rings. The number of carbonyl (C=O) groups is 1. The zero-order valence-corrected chi connectivity index (χ0v) is 14.0. The van der Waals surface area contributed by atoms with Gasteiger partial charge >= 0.3 is 0 Å². The second-order valence-corrected chi connectivity index (χ2v) is 6.52. The Morgan fingerprint density at radius 2 is 2.21 bits per heavy atom. The number of rotatable bonds is 3. The number of benzene rings is 1. The molecule has 2 N–H and O–H groups in total. The number of ketones is 1. The van der Waals surface area contributed by atoms with Gasteiger partial charge in [0.25, 0.3) is 0 Å². The molecule has 2 aliphatic rings. The molecule has 0 bridgehead atoms. The van der Waals surface area contributed by atoms with Crippen LogP contribution < -0.4 is 10.5 Å². The highest BCUT2D eigenvalue weighted by Gasteiger charge is 2.36. The molecule has 1 aliphatic heterocycles. The van der Waals surface area contributed by atoms with Crippen LogP contribution in [-0.2, 0) is 13.0 Å². The van der Waals surface area contributed by atoms with Crippen molar-refractivity contribution in [1.82, 2.24) is 9.47 Å². The summed E-state index contributed by atoms with van der Waals surface area (Å²) < 4.78 is 7.35. The smallest absolute Gasteiger partial charge is 0.225 e. The predicted octanol–water partition coefficient (Wildman–Crippen LogP) is 2.11. The van der Waals surface area contributed by atoms with E-state index in [1.165, 1.54) is 5.56 Å². The van der Waals surface area contributed by atoms with Crippen LogP contribution in [0.4, 0.5) is 0 Å². The zero-order valence-electron chi connectivity index (χ0n) is 14.0. The molecule has 1 aromatic carbocycles. The van der Waals surface area contributed by atoms with E-state index in [9.17, 15) is 4.79 Å². The van der Waals surface area contributed by atoms with Crippen LogP contribution in [0.2, 0.25) is 0 Å². The lowest BCUT2D eigenvalue weighted by atomic mass is 9.88. The molecule has 0 radical (unpaired) electrons. The molecular formula is C19H21N3O2. The van der Waals surface area contributed by atoms with Crippen LogP contribution in [0.1, 0.15) is 33.2 Å². The van der Waals surface area contributed by atoms with Crippen LogP contribution in [0, 0.1) is 0 Å². The van der Waals surface area contributed by atoms with Crippen molar-refractivity contribution in [3.05, 3.63) is 64.6 Å². The molecular weight excluding hydrogens is 302 g/mol. The third-order valence-corrected chi connectivity index (χ3v) is 5.01. The molecule has 5 nitrogen and oxygen atoms in total. The summed E-state index contributed by atoms with van der Waals surface area (Å²) in [4.78, 5) is 14.9. The Morgan fingerprint density at radius 3 is 3.00 bits per heavy atom. The van der Waals surface area contributed by atoms with Gasteiger partial charge in [-0.3, -0.25) is 9.69 Å². The molecule has 0 amide bonds. The Balaban J connectivity index is 1.79. The number of allylic oxidation sites excluding steroid dienone is 1. The summed E-state index contributed by atoms with van der Waals surface area (Å²) in [5.74, 6) is 0.757. The molecule has 124 valence electrons. The minimum atomic E-state index is -0.0642. The number of methoxy groups -OCH3 is 1. The number of likely N-dealkylation sites (N-methyl/N-ethyl adjacent to an activating group) is 1. The summed E-state index contributed by atoms with van der Waals surface area (Å²) in [6, 6.07) is 8.04. The third kappa shape index (κ3) is 2.24. The highest BCUT2D eigenvalue weighted by Crippen LogP contribution is 2.38. The van der Waals surface area contributed by atoms with Gasteiger partial charge in [0.05, 0.1) is 24.5 Å². The van der Waals surface area contributed by atoms with Gasteiger partial charge in [-0.15, -0.1) is 0 Å². The van der Waals surface area contributed by atoms with Crippen LogP contribution in [0.5, 0.6) is 5.75 Å². The van der Waals surface area contributed by atoms with E-state index in [2.05, 4.69) is 18.1 Å². The van der Waals surface area contributed by atoms with Crippen molar-refractivity contribution in [2.45, 2.75) is 19.0 Å². The van der Waals surface area contributed by atoms with Gasteiger partial charge in [0.15, 0.2) is 0 Å². The van der Waals surface area contributed by atoms with E-state index in [4.69, 9.17) is 10.5 Å². The van der Waals surface area contributed by atoms with Crippen LogP contribution in [0.15, 0.2) is 42.2 Å². The van der Waals surface area contributed by atoms with Crippen molar-refractivity contribution in [2.75, 3.05) is 20.7 Å². The number of carbonyl (C=O) groups excluding carboxylic acids is 1. The lowest BCUT2D eigenvalue weighted by Gasteiger charge is -2.33. The first-order valence-electron chi connectivity index (χ1n) is 8.15. The molecule has 24 heavy (non-hydrogen) atoms. The molecule has 4 rings (SSSR count). The monoisotopic (exact) mass is 323 g/mol. The van der Waals surface area contributed by atoms with Crippen LogP contribution in [-0.4, -0.2) is 36.0 Å². The fourth-order valence-electron chi connectivity index (χ4n) is 3.75. The van der Waals surface area contributed by atoms with Gasteiger partial charge in [0.2, 0.25) is 5.78 Å². The number of hydrogen-bond donors (Lipinski definition) is 1. The Hall–Kier alpha value is -2.53. The number of aromatic nitrogens is 1. The van der Waals surface area contributed by atoms with Crippen molar-refractivity contribution in [2.24, 2.45) is 5.73 Å². The Morgan fingerprint density at radius 1 is 1.38 bits per heavy atom. The number of nitrogens with two attached hydrogens (primary N) is 1. The van der Waals surface area contributed by atoms with Gasteiger partial charge in [0, 0.05) is 24.8 Å². The molecule has 5 heteroatoms. The first kappa shape index (κ1) is 15.0. The highest BCUT2D eigenvalue weighted by atomic mass is 16.5. The summed E-state index contributed by atoms with van der Waals surface area (Å²) >= 11 is 0. The van der Waals surface area contributed by atoms with Crippen LogP contribution >= 0.6 is 0 Å². The number of nitrogens with zero attached hydrogens (tertiary/aromatic N) is 2. The number of Topliss-reactive ketones (excluding diaryl/α,β-unsaturated/α-hetero) is 1. The van der Waals surface area contributed by atoms with E-state index in [1.807, 2.05) is 34.9 Å². The van der Waals surface area contributed by atoms with Gasteiger partial charge in [0.1, 0.15) is 5.75 Å². The molecule has 2 heterocycles. The number of ether oxygens (including phenoxy) is 1. The van der Waals surface area contributed by atoms with Gasteiger partial charge in [-0.25, -0.2) is 0 Å². The fraction of sp³-hybridized carbons (Fsp3) is 0.316. The van der Waals surface area contributed by atoms with E-state index < -0.39 is 0 Å². The predicted molar refractivity (Wildman–Crippen MR) is 92.2 cm³/mol. The summed E-state index contributed by atoms with van der Waals surface area (Å²) in [6.07, 6.45) is 4.97. The van der Waals surface area contributed by atoms with Crippen molar-refractivity contribution in [3.8, 4) is 5.75 Å². The van der Waals surface area contributed by atoms with E-state index in [0.717, 1.165) is 35.5 Å². The molecule has 0 saturated heterocycles. The van der Waals surface area contributed by atoms with Gasteiger partial charge in [-0.2, -0.15) is 0 Å². The molecule has 1 atom stereocenters. The topological polar surface area (TPSA) is 60.5 Å². The van der Waals surface area contributed by atoms with Crippen molar-refractivity contribution in [3.63, 3.8) is 0 Å². The zero-order chi connectivity index (χ0) is 16.8. The van der Waals surface area contributed by atoms with Crippen molar-refractivity contribution >= 4 is 5.78 Å². The van der Waals surface area contributed by atoms with E-state index in [-0.39, 0.29) is 11.8 Å². The normalized spacial score (nSPS) is 19.8. The maximum Gasteiger partial charge on any atom is 0.225 e. The first-order chi connectivity index (χ1) is 11.6. The Bertz CT molecular complexity index is 850. The van der Waals surface area contributed by atoms with E-state index in [0.29, 0.717) is 12.2 Å². The second kappa shape index (κ2) is 5.53. The van der Waals surface area contributed by atoms with Crippen LogP contribution in [0.3, 0.4) is 0 Å². The lowest BCUT2D eigenvalue weighted by Crippen LogP contribution is -2.35. The highest BCUT2D eigenvalue weighted by molar-refractivity contribution is 6.09. The lowest BCUT2D eigenvalue weighted by molar-refractivity contribution is 0.101. The SMILES string of the molecule is COc1cccc(Cn2cc3c4c2C(=O)C(N)=CC4N(C)CC3)c1. The van der Waals surface area contributed by atoms with Gasteiger partial charge in [-0.1, -0.05) is 12.1 Å². The Labute approximate surface area is 141 Å². The Kier molecular flexibility index (Phi) is 3.46. The maximum absolute atomic E-state index is 12.7.